The number of hydrogen-bond donors (Lipinski definition) is 2. The number of rotatable bonds is 4. The number of carbonyl (C=O) groups is 1. The second kappa shape index (κ2) is 6.11. The third-order valence-corrected chi connectivity index (χ3v) is 3.26. The van der Waals surface area contributed by atoms with E-state index in [0.29, 0.717) is 23.7 Å². The molecule has 0 radical (unpaired) electrons. The van der Waals surface area contributed by atoms with Crippen LogP contribution in [0.2, 0.25) is 0 Å². The molecule has 6 heteroatoms. The third-order valence-electron chi connectivity index (χ3n) is 3.26. The number of hydrogen-bond acceptors (Lipinski definition) is 5. The van der Waals surface area contributed by atoms with E-state index in [4.69, 9.17) is 9.47 Å². The van der Waals surface area contributed by atoms with Gasteiger partial charge in [0.1, 0.15) is 0 Å². The van der Waals surface area contributed by atoms with Gasteiger partial charge in [0.15, 0.2) is 11.5 Å². The number of ether oxygens (including phenoxy) is 2. The molecule has 0 saturated carbocycles. The standard InChI is InChI=1S/C14H19NO5/c1-3-20-13-6-9(4-5-12(13)19-2)14(18)15-7-10(16)11(17)8-15/h4-6,10-11,16-17H,3,7-8H2,1-2H3. The van der Waals surface area contributed by atoms with E-state index in [9.17, 15) is 15.0 Å². The predicted molar refractivity (Wildman–Crippen MR) is 72.1 cm³/mol. The fraction of sp³-hybridized carbons (Fsp3) is 0.500. The average molecular weight is 281 g/mol. The summed E-state index contributed by atoms with van der Waals surface area (Å²) in [5.41, 5.74) is 0.440. The van der Waals surface area contributed by atoms with Crippen LogP contribution in [0.3, 0.4) is 0 Å². The quantitative estimate of drug-likeness (QED) is 0.828. The summed E-state index contributed by atoms with van der Waals surface area (Å²) in [6, 6.07) is 4.92. The molecule has 2 rings (SSSR count). The molecule has 1 aliphatic rings. The molecule has 1 aliphatic heterocycles. The average Bonchev–Trinajstić information content (AvgIpc) is 2.78. The summed E-state index contributed by atoms with van der Waals surface area (Å²) in [5.74, 6) is 0.815. The molecule has 6 nitrogen and oxygen atoms in total. The molecule has 0 aliphatic carbocycles. The van der Waals surface area contributed by atoms with E-state index < -0.39 is 12.2 Å². The normalized spacial score (nSPS) is 21.9. The molecular formula is C14H19NO5. The van der Waals surface area contributed by atoms with Crippen LogP contribution < -0.4 is 9.47 Å². The first-order valence-corrected chi connectivity index (χ1v) is 6.53. The smallest absolute Gasteiger partial charge is 0.254 e. The highest BCUT2D eigenvalue weighted by atomic mass is 16.5. The van der Waals surface area contributed by atoms with E-state index in [1.165, 1.54) is 12.0 Å². The predicted octanol–water partition coefficient (Wildman–Crippen LogP) is 0.271. The monoisotopic (exact) mass is 281 g/mol. The van der Waals surface area contributed by atoms with E-state index in [1.54, 1.807) is 18.2 Å². The van der Waals surface area contributed by atoms with Crippen LogP contribution in [0.5, 0.6) is 11.5 Å². The van der Waals surface area contributed by atoms with Crippen LogP contribution >= 0.6 is 0 Å². The molecule has 1 amide bonds. The molecule has 2 N–H and O–H groups in total. The lowest BCUT2D eigenvalue weighted by atomic mass is 10.1. The van der Waals surface area contributed by atoms with E-state index in [1.807, 2.05) is 6.92 Å². The zero-order valence-electron chi connectivity index (χ0n) is 11.6. The van der Waals surface area contributed by atoms with Gasteiger partial charge in [-0.15, -0.1) is 0 Å². The second-order valence-corrected chi connectivity index (χ2v) is 4.64. The third kappa shape index (κ3) is 2.86. The maximum atomic E-state index is 12.3. The molecule has 1 aromatic carbocycles. The number of β-amino-alcohol motifs (C(OH)–C–C–N with tert-alkyl or cyclic N) is 2. The fourth-order valence-electron chi connectivity index (χ4n) is 2.20. The van der Waals surface area contributed by atoms with Crippen molar-refractivity contribution in [3.05, 3.63) is 23.8 Å². The van der Waals surface area contributed by atoms with Crippen molar-refractivity contribution in [2.45, 2.75) is 19.1 Å². The number of aliphatic hydroxyl groups excluding tert-OH is 2. The number of carbonyl (C=O) groups excluding carboxylic acids is 1. The van der Waals surface area contributed by atoms with Crippen LogP contribution in [0, 0.1) is 0 Å². The highest BCUT2D eigenvalue weighted by molar-refractivity contribution is 5.95. The first-order valence-electron chi connectivity index (χ1n) is 6.53. The van der Waals surface area contributed by atoms with Gasteiger partial charge < -0.3 is 24.6 Å². The minimum atomic E-state index is -0.886. The highest BCUT2D eigenvalue weighted by Crippen LogP contribution is 2.29. The Balaban J connectivity index is 2.20. The molecule has 20 heavy (non-hydrogen) atoms. The number of methoxy groups -OCH3 is 1. The van der Waals surface area contributed by atoms with Gasteiger partial charge in [-0.05, 0) is 25.1 Å². The van der Waals surface area contributed by atoms with Crippen LogP contribution in [0.1, 0.15) is 17.3 Å². The van der Waals surface area contributed by atoms with Gasteiger partial charge in [0.25, 0.3) is 5.91 Å². The van der Waals surface area contributed by atoms with Crippen molar-refractivity contribution in [3.63, 3.8) is 0 Å². The van der Waals surface area contributed by atoms with Crippen LogP contribution in [-0.2, 0) is 0 Å². The van der Waals surface area contributed by atoms with E-state index in [-0.39, 0.29) is 19.0 Å². The molecule has 0 aromatic heterocycles. The summed E-state index contributed by atoms with van der Waals surface area (Å²) in [4.78, 5) is 13.7. The molecule has 2 atom stereocenters. The van der Waals surface area contributed by atoms with Gasteiger partial charge in [-0.25, -0.2) is 0 Å². The van der Waals surface area contributed by atoms with Crippen LogP contribution in [0.15, 0.2) is 18.2 Å². The van der Waals surface area contributed by atoms with Crippen LogP contribution in [-0.4, -0.2) is 60.0 Å². The lowest BCUT2D eigenvalue weighted by Gasteiger charge is -2.17. The van der Waals surface area contributed by atoms with Gasteiger partial charge in [-0.2, -0.15) is 0 Å². The number of nitrogens with zero attached hydrogens (tertiary/aromatic N) is 1. The lowest BCUT2D eigenvalue weighted by molar-refractivity contribution is 0.0572. The van der Waals surface area contributed by atoms with Gasteiger partial charge in [-0.3, -0.25) is 4.79 Å². The first-order chi connectivity index (χ1) is 9.56. The topological polar surface area (TPSA) is 79.2 Å². The summed E-state index contributed by atoms with van der Waals surface area (Å²) in [5, 5.41) is 19.0. The zero-order chi connectivity index (χ0) is 14.7. The molecular weight excluding hydrogens is 262 g/mol. The van der Waals surface area contributed by atoms with Crippen molar-refractivity contribution in [2.75, 3.05) is 26.8 Å². The first kappa shape index (κ1) is 14.6. The number of benzene rings is 1. The zero-order valence-corrected chi connectivity index (χ0v) is 11.6. The van der Waals surface area contributed by atoms with Crippen molar-refractivity contribution in [3.8, 4) is 11.5 Å². The molecule has 2 unspecified atom stereocenters. The largest absolute Gasteiger partial charge is 0.493 e. The summed E-state index contributed by atoms with van der Waals surface area (Å²) < 4.78 is 10.6. The van der Waals surface area contributed by atoms with E-state index in [2.05, 4.69) is 0 Å². The molecule has 1 heterocycles. The van der Waals surface area contributed by atoms with Gasteiger partial charge in [0, 0.05) is 18.7 Å². The van der Waals surface area contributed by atoms with Gasteiger partial charge in [-0.1, -0.05) is 0 Å². The van der Waals surface area contributed by atoms with E-state index in [0.717, 1.165) is 0 Å². The fourth-order valence-corrected chi connectivity index (χ4v) is 2.20. The summed E-state index contributed by atoms with van der Waals surface area (Å²) in [6.07, 6.45) is -1.77. The Kier molecular flexibility index (Phi) is 4.46. The lowest BCUT2D eigenvalue weighted by Crippen LogP contribution is -2.29. The maximum absolute atomic E-state index is 12.3. The van der Waals surface area contributed by atoms with Crippen LogP contribution in [0.4, 0.5) is 0 Å². The number of aliphatic hydroxyl groups is 2. The Morgan fingerprint density at radius 1 is 1.30 bits per heavy atom. The molecule has 0 spiro atoms. The summed E-state index contributed by atoms with van der Waals surface area (Å²) in [6.45, 7) is 2.59. The SMILES string of the molecule is CCOc1cc(C(=O)N2CC(O)C(O)C2)ccc1OC. The Bertz CT molecular complexity index is 480. The molecule has 1 fully saturated rings. The number of amides is 1. The van der Waals surface area contributed by atoms with Gasteiger partial charge >= 0.3 is 0 Å². The number of likely N-dealkylation sites (tertiary alicyclic amines) is 1. The Labute approximate surface area is 117 Å². The summed E-state index contributed by atoms with van der Waals surface area (Å²) >= 11 is 0. The van der Waals surface area contributed by atoms with Crippen molar-refractivity contribution in [2.24, 2.45) is 0 Å². The van der Waals surface area contributed by atoms with Crippen molar-refractivity contribution < 1.29 is 24.5 Å². The van der Waals surface area contributed by atoms with Crippen molar-refractivity contribution in [1.29, 1.82) is 0 Å². The van der Waals surface area contributed by atoms with Gasteiger partial charge in [0.2, 0.25) is 0 Å². The molecule has 110 valence electrons. The molecule has 0 bridgehead atoms. The van der Waals surface area contributed by atoms with Crippen LogP contribution in [0.25, 0.3) is 0 Å². The highest BCUT2D eigenvalue weighted by Gasteiger charge is 2.33. The van der Waals surface area contributed by atoms with E-state index >= 15 is 0 Å². The van der Waals surface area contributed by atoms with Crippen molar-refractivity contribution >= 4 is 5.91 Å². The second-order valence-electron chi connectivity index (χ2n) is 4.64. The Morgan fingerprint density at radius 3 is 2.50 bits per heavy atom. The minimum absolute atomic E-state index is 0.135. The maximum Gasteiger partial charge on any atom is 0.254 e. The molecule has 1 saturated heterocycles. The summed E-state index contributed by atoms with van der Waals surface area (Å²) in [7, 11) is 1.53. The minimum Gasteiger partial charge on any atom is -0.493 e. The Hall–Kier alpha value is -1.79. The van der Waals surface area contributed by atoms with Gasteiger partial charge in [0.05, 0.1) is 25.9 Å². The molecule has 1 aromatic rings. The van der Waals surface area contributed by atoms with Crippen molar-refractivity contribution in [1.82, 2.24) is 4.90 Å². The Morgan fingerprint density at radius 2 is 1.95 bits per heavy atom.